The molecule has 0 saturated heterocycles. The molecule has 0 aromatic heterocycles. The van der Waals surface area contributed by atoms with Crippen molar-refractivity contribution in [3.8, 4) is 0 Å². The number of non-ortho nitro benzene ring substituents is 1. The van der Waals surface area contributed by atoms with Crippen LogP contribution in [-0.4, -0.2) is 30.7 Å². The highest BCUT2D eigenvalue weighted by Gasteiger charge is 2.14. The summed E-state index contributed by atoms with van der Waals surface area (Å²) in [5.41, 5.74) is 1.05. The van der Waals surface area contributed by atoms with Crippen molar-refractivity contribution in [3.05, 3.63) is 39.9 Å². The number of ether oxygens (including phenoxy) is 1. The van der Waals surface area contributed by atoms with Gasteiger partial charge in [0.1, 0.15) is 0 Å². The van der Waals surface area contributed by atoms with E-state index in [1.165, 1.54) is 12.1 Å². The number of hydrogen-bond donors (Lipinski definition) is 1. The Kier molecular flexibility index (Phi) is 5.25. The highest BCUT2D eigenvalue weighted by molar-refractivity contribution is 5.32. The Labute approximate surface area is 107 Å². The molecule has 1 aromatic carbocycles. The first-order valence-electron chi connectivity index (χ1n) is 5.94. The fourth-order valence-electron chi connectivity index (χ4n) is 1.48. The van der Waals surface area contributed by atoms with Gasteiger partial charge in [-0.2, -0.15) is 0 Å². The highest BCUT2D eigenvalue weighted by Crippen LogP contribution is 2.12. The van der Waals surface area contributed by atoms with E-state index in [9.17, 15) is 10.1 Å². The minimum absolute atomic E-state index is 0.132. The van der Waals surface area contributed by atoms with E-state index in [-0.39, 0.29) is 16.2 Å². The molecule has 0 bridgehead atoms. The van der Waals surface area contributed by atoms with Gasteiger partial charge in [0, 0.05) is 25.8 Å². The van der Waals surface area contributed by atoms with Gasteiger partial charge in [0.2, 0.25) is 0 Å². The standard InChI is InChI=1S/C13H20N2O3/c1-13(2,18-3)10-14-9-8-11-4-6-12(7-5-11)15(16)17/h4-7,14H,8-10H2,1-3H3. The minimum Gasteiger partial charge on any atom is -0.377 e. The summed E-state index contributed by atoms with van der Waals surface area (Å²) < 4.78 is 5.29. The summed E-state index contributed by atoms with van der Waals surface area (Å²) in [5.74, 6) is 0. The molecule has 0 heterocycles. The molecule has 1 aromatic rings. The van der Waals surface area contributed by atoms with Crippen molar-refractivity contribution >= 4 is 5.69 Å². The molecule has 0 amide bonds. The van der Waals surface area contributed by atoms with E-state index in [0.29, 0.717) is 0 Å². The van der Waals surface area contributed by atoms with Gasteiger partial charge in [0.15, 0.2) is 0 Å². The Balaban J connectivity index is 2.34. The van der Waals surface area contributed by atoms with E-state index in [4.69, 9.17) is 4.74 Å². The molecule has 5 heteroatoms. The van der Waals surface area contributed by atoms with Gasteiger partial charge in [-0.25, -0.2) is 0 Å². The molecular formula is C13H20N2O3. The lowest BCUT2D eigenvalue weighted by molar-refractivity contribution is -0.384. The lowest BCUT2D eigenvalue weighted by atomic mass is 10.1. The first-order chi connectivity index (χ1) is 8.44. The van der Waals surface area contributed by atoms with Crippen LogP contribution in [0.15, 0.2) is 24.3 Å². The van der Waals surface area contributed by atoms with Crippen LogP contribution < -0.4 is 5.32 Å². The third-order valence-corrected chi connectivity index (χ3v) is 2.84. The first-order valence-corrected chi connectivity index (χ1v) is 5.94. The SMILES string of the molecule is COC(C)(C)CNCCc1ccc([N+](=O)[O-])cc1. The quantitative estimate of drug-likeness (QED) is 0.459. The van der Waals surface area contributed by atoms with E-state index < -0.39 is 0 Å². The number of nitro groups is 1. The molecule has 5 nitrogen and oxygen atoms in total. The highest BCUT2D eigenvalue weighted by atomic mass is 16.6. The third kappa shape index (κ3) is 4.81. The molecular weight excluding hydrogens is 232 g/mol. The van der Waals surface area contributed by atoms with Crippen molar-refractivity contribution in [2.24, 2.45) is 0 Å². The van der Waals surface area contributed by atoms with Crippen LogP contribution in [0.1, 0.15) is 19.4 Å². The smallest absolute Gasteiger partial charge is 0.269 e. The summed E-state index contributed by atoms with van der Waals surface area (Å²) in [7, 11) is 1.69. The van der Waals surface area contributed by atoms with Crippen LogP contribution in [0.4, 0.5) is 5.69 Å². The minimum atomic E-state index is -0.386. The molecule has 0 aliphatic carbocycles. The summed E-state index contributed by atoms with van der Waals surface area (Å²) in [6, 6.07) is 6.66. The lowest BCUT2D eigenvalue weighted by Gasteiger charge is -2.23. The Morgan fingerprint density at radius 1 is 1.33 bits per heavy atom. The fraction of sp³-hybridized carbons (Fsp3) is 0.538. The zero-order valence-corrected chi connectivity index (χ0v) is 11.1. The molecule has 1 rings (SSSR count). The van der Waals surface area contributed by atoms with Crippen LogP contribution >= 0.6 is 0 Å². The molecule has 0 aliphatic rings. The summed E-state index contributed by atoms with van der Waals surface area (Å²) in [5, 5.41) is 13.8. The number of methoxy groups -OCH3 is 1. The van der Waals surface area contributed by atoms with Crippen LogP contribution in [0.25, 0.3) is 0 Å². The van der Waals surface area contributed by atoms with Crippen molar-refractivity contribution < 1.29 is 9.66 Å². The number of nitro benzene ring substituents is 1. The number of nitrogens with one attached hydrogen (secondary N) is 1. The second kappa shape index (κ2) is 6.47. The van der Waals surface area contributed by atoms with Gasteiger partial charge in [0.05, 0.1) is 10.5 Å². The van der Waals surface area contributed by atoms with Gasteiger partial charge >= 0.3 is 0 Å². The number of hydrogen-bond acceptors (Lipinski definition) is 4. The first kappa shape index (κ1) is 14.6. The summed E-state index contributed by atoms with van der Waals surface area (Å²) in [6.45, 7) is 5.64. The molecule has 0 unspecified atom stereocenters. The van der Waals surface area contributed by atoms with Gasteiger partial charge in [-0.1, -0.05) is 12.1 Å². The predicted octanol–water partition coefficient (Wildman–Crippen LogP) is 2.15. The van der Waals surface area contributed by atoms with E-state index in [2.05, 4.69) is 5.32 Å². The molecule has 0 atom stereocenters. The third-order valence-electron chi connectivity index (χ3n) is 2.84. The van der Waals surface area contributed by atoms with Crippen LogP contribution in [0.3, 0.4) is 0 Å². The topological polar surface area (TPSA) is 64.4 Å². The Morgan fingerprint density at radius 2 is 1.94 bits per heavy atom. The zero-order valence-electron chi connectivity index (χ0n) is 11.1. The van der Waals surface area contributed by atoms with E-state index in [0.717, 1.165) is 25.1 Å². The maximum absolute atomic E-state index is 10.5. The van der Waals surface area contributed by atoms with Gasteiger partial charge in [-0.05, 0) is 32.4 Å². The van der Waals surface area contributed by atoms with Crippen LogP contribution in [0.5, 0.6) is 0 Å². The Bertz CT molecular complexity index is 388. The van der Waals surface area contributed by atoms with E-state index >= 15 is 0 Å². The van der Waals surface area contributed by atoms with Gasteiger partial charge in [0.25, 0.3) is 5.69 Å². The molecule has 100 valence electrons. The largest absolute Gasteiger partial charge is 0.377 e. The summed E-state index contributed by atoms with van der Waals surface area (Å²) in [6.07, 6.45) is 0.845. The monoisotopic (exact) mass is 252 g/mol. The second-order valence-electron chi connectivity index (χ2n) is 4.81. The number of rotatable bonds is 7. The number of nitrogens with zero attached hydrogens (tertiary/aromatic N) is 1. The Morgan fingerprint density at radius 3 is 2.44 bits per heavy atom. The second-order valence-corrected chi connectivity index (χ2v) is 4.81. The van der Waals surface area contributed by atoms with Crippen molar-refractivity contribution in [3.63, 3.8) is 0 Å². The maximum atomic E-state index is 10.5. The van der Waals surface area contributed by atoms with E-state index in [1.807, 2.05) is 13.8 Å². The molecule has 18 heavy (non-hydrogen) atoms. The van der Waals surface area contributed by atoms with Gasteiger partial charge in [-0.3, -0.25) is 10.1 Å². The fourth-order valence-corrected chi connectivity index (χ4v) is 1.48. The molecule has 1 N–H and O–H groups in total. The average molecular weight is 252 g/mol. The van der Waals surface area contributed by atoms with Crippen molar-refractivity contribution in [1.82, 2.24) is 5.32 Å². The molecule has 0 saturated carbocycles. The molecule has 0 radical (unpaired) electrons. The lowest BCUT2D eigenvalue weighted by Crippen LogP contribution is -2.37. The predicted molar refractivity (Wildman–Crippen MR) is 70.8 cm³/mol. The van der Waals surface area contributed by atoms with Crippen molar-refractivity contribution in [1.29, 1.82) is 0 Å². The van der Waals surface area contributed by atoms with Crippen molar-refractivity contribution in [2.45, 2.75) is 25.9 Å². The zero-order chi connectivity index (χ0) is 13.6. The van der Waals surface area contributed by atoms with Crippen LogP contribution in [-0.2, 0) is 11.2 Å². The maximum Gasteiger partial charge on any atom is 0.269 e. The molecule has 0 aliphatic heterocycles. The summed E-state index contributed by atoms with van der Waals surface area (Å²) in [4.78, 5) is 10.1. The molecule has 0 fully saturated rings. The van der Waals surface area contributed by atoms with Crippen LogP contribution in [0, 0.1) is 10.1 Å². The van der Waals surface area contributed by atoms with E-state index in [1.54, 1.807) is 19.2 Å². The van der Waals surface area contributed by atoms with Crippen molar-refractivity contribution in [2.75, 3.05) is 20.2 Å². The van der Waals surface area contributed by atoms with Gasteiger partial charge < -0.3 is 10.1 Å². The normalized spacial score (nSPS) is 11.5. The average Bonchev–Trinajstić information content (AvgIpc) is 2.35. The van der Waals surface area contributed by atoms with Gasteiger partial charge in [-0.15, -0.1) is 0 Å². The van der Waals surface area contributed by atoms with Crippen LogP contribution in [0.2, 0.25) is 0 Å². The molecule has 0 spiro atoms. The number of benzene rings is 1. The summed E-state index contributed by atoms with van der Waals surface area (Å²) >= 11 is 0. The Hall–Kier alpha value is -1.46.